The van der Waals surface area contributed by atoms with Crippen molar-refractivity contribution in [1.29, 1.82) is 0 Å². The predicted molar refractivity (Wildman–Crippen MR) is 172 cm³/mol. The molecule has 0 radical (unpaired) electrons. The molecule has 6 heteroatoms. The lowest BCUT2D eigenvalue weighted by atomic mass is 10.1. The molecule has 0 amide bonds. The van der Waals surface area contributed by atoms with Crippen LogP contribution in [0.1, 0.15) is 0 Å². The lowest BCUT2D eigenvalue weighted by molar-refractivity contribution is 0.669. The summed E-state index contributed by atoms with van der Waals surface area (Å²) in [7, 11) is 0. The van der Waals surface area contributed by atoms with Crippen molar-refractivity contribution in [3.63, 3.8) is 0 Å². The Morgan fingerprint density at radius 2 is 1.26 bits per heavy atom. The minimum absolute atomic E-state index is 0.582. The van der Waals surface area contributed by atoms with E-state index in [-0.39, 0.29) is 0 Å². The molecule has 9 rings (SSSR count). The molecule has 0 fully saturated rings. The second-order valence-corrected chi connectivity index (χ2v) is 11.4. The molecule has 5 aromatic carbocycles. The van der Waals surface area contributed by atoms with Crippen molar-refractivity contribution in [3.05, 3.63) is 121 Å². The Hall–Kier alpha value is -5.46. The van der Waals surface area contributed by atoms with Crippen molar-refractivity contribution < 1.29 is 4.42 Å². The Labute approximate surface area is 243 Å². The van der Waals surface area contributed by atoms with Crippen LogP contribution >= 0.6 is 11.3 Å². The van der Waals surface area contributed by atoms with Crippen molar-refractivity contribution in [2.45, 2.75) is 0 Å². The maximum atomic E-state index is 6.30. The minimum Gasteiger partial charge on any atom is -0.454 e. The number of hydrogen-bond acceptors (Lipinski definition) is 6. The Bertz CT molecular complexity index is 2480. The van der Waals surface area contributed by atoms with Crippen molar-refractivity contribution >= 4 is 64.5 Å². The average Bonchev–Trinajstić information content (AvgIpc) is 3.61. The van der Waals surface area contributed by atoms with Gasteiger partial charge in [-0.25, -0.2) is 19.9 Å². The second-order valence-electron chi connectivity index (χ2n) is 10.3. The molecule has 42 heavy (non-hydrogen) atoms. The maximum absolute atomic E-state index is 6.30. The molecule has 0 N–H and O–H groups in total. The number of fused-ring (bicyclic) bond motifs is 7. The van der Waals surface area contributed by atoms with Crippen LogP contribution in [-0.4, -0.2) is 19.9 Å². The first-order valence-corrected chi connectivity index (χ1v) is 14.5. The summed E-state index contributed by atoms with van der Waals surface area (Å²) in [5.74, 6) is 1.83. The molecule has 0 bridgehead atoms. The van der Waals surface area contributed by atoms with Gasteiger partial charge in [-0.1, -0.05) is 91.0 Å². The summed E-state index contributed by atoms with van der Waals surface area (Å²) in [6.45, 7) is 0. The maximum Gasteiger partial charge on any atom is 0.164 e. The number of para-hydroxylation sites is 1. The van der Waals surface area contributed by atoms with Crippen LogP contribution in [0.15, 0.2) is 126 Å². The number of pyridine rings is 1. The lowest BCUT2D eigenvalue weighted by Crippen LogP contribution is -2.00. The summed E-state index contributed by atoms with van der Waals surface area (Å²) in [6, 6.07) is 41.2. The van der Waals surface area contributed by atoms with Gasteiger partial charge in [0.2, 0.25) is 0 Å². The molecule has 0 aliphatic rings. The molecule has 4 heterocycles. The zero-order valence-electron chi connectivity index (χ0n) is 22.2. The van der Waals surface area contributed by atoms with Gasteiger partial charge in [-0.05, 0) is 30.3 Å². The van der Waals surface area contributed by atoms with Gasteiger partial charge < -0.3 is 4.42 Å². The monoisotopic (exact) mass is 556 g/mol. The van der Waals surface area contributed by atoms with Gasteiger partial charge in [0.15, 0.2) is 23.1 Å². The van der Waals surface area contributed by atoms with Crippen LogP contribution in [0.4, 0.5) is 0 Å². The van der Waals surface area contributed by atoms with Crippen LogP contribution in [0.25, 0.3) is 87.3 Å². The third-order valence-corrected chi connectivity index (χ3v) is 8.85. The number of benzene rings is 5. The molecule has 0 spiro atoms. The Morgan fingerprint density at radius 1 is 0.500 bits per heavy atom. The van der Waals surface area contributed by atoms with Crippen molar-refractivity contribution in [2.24, 2.45) is 0 Å². The largest absolute Gasteiger partial charge is 0.454 e. The van der Waals surface area contributed by atoms with E-state index in [1.807, 2.05) is 72.8 Å². The topological polar surface area (TPSA) is 64.7 Å². The van der Waals surface area contributed by atoms with Gasteiger partial charge in [-0.3, -0.25) is 0 Å². The highest BCUT2D eigenvalue weighted by Gasteiger charge is 2.19. The third kappa shape index (κ3) is 3.62. The average molecular weight is 557 g/mol. The van der Waals surface area contributed by atoms with Crippen molar-refractivity contribution in [2.75, 3.05) is 0 Å². The van der Waals surface area contributed by atoms with Crippen LogP contribution in [-0.2, 0) is 0 Å². The standard InChI is InChI=1S/C36H20N4OS/c1-2-9-21(10-3-1)34-38-35(23-17-18-25-24-12-5-7-16-30(24)42-31(25)20-23)40-36(39-34)26-13-8-15-28-32(26)33-29(41-28)19-22-11-4-6-14-27(22)37-33/h1-20H. The molecule has 0 unspecified atom stereocenters. The van der Waals surface area contributed by atoms with Gasteiger partial charge in [0.1, 0.15) is 11.1 Å². The first kappa shape index (κ1) is 23.3. The molecular formula is C36H20N4OS. The fourth-order valence-electron chi connectivity index (χ4n) is 5.73. The van der Waals surface area contributed by atoms with Gasteiger partial charge >= 0.3 is 0 Å². The van der Waals surface area contributed by atoms with E-state index in [1.54, 1.807) is 11.3 Å². The highest BCUT2D eigenvalue weighted by Crippen LogP contribution is 2.38. The van der Waals surface area contributed by atoms with Gasteiger partial charge in [0.05, 0.1) is 10.9 Å². The fourth-order valence-corrected chi connectivity index (χ4v) is 6.87. The smallest absolute Gasteiger partial charge is 0.164 e. The Kier molecular flexibility index (Phi) is 5.00. The van der Waals surface area contributed by atoms with Crippen LogP contribution in [0, 0.1) is 0 Å². The third-order valence-electron chi connectivity index (χ3n) is 7.72. The van der Waals surface area contributed by atoms with E-state index in [0.29, 0.717) is 17.5 Å². The number of aromatic nitrogens is 4. The van der Waals surface area contributed by atoms with E-state index < -0.39 is 0 Å². The molecule has 0 aliphatic heterocycles. The van der Waals surface area contributed by atoms with Gasteiger partial charge in [0.25, 0.3) is 0 Å². The number of hydrogen-bond donors (Lipinski definition) is 0. The van der Waals surface area contributed by atoms with E-state index in [4.69, 9.17) is 24.4 Å². The zero-order chi connectivity index (χ0) is 27.6. The van der Waals surface area contributed by atoms with E-state index in [2.05, 4.69) is 48.5 Å². The normalized spacial score (nSPS) is 11.8. The highest BCUT2D eigenvalue weighted by atomic mass is 32.1. The molecule has 9 aromatic rings. The molecule has 0 saturated carbocycles. The Balaban J connectivity index is 1.30. The SMILES string of the molecule is c1ccc(-c2nc(-c3ccc4c(c3)sc3ccccc34)nc(-c3cccc4oc5cc6ccccc6nc5c34)n2)cc1. The first-order valence-electron chi connectivity index (χ1n) is 13.7. The molecule has 0 aliphatic carbocycles. The number of rotatable bonds is 3. The highest BCUT2D eigenvalue weighted by molar-refractivity contribution is 7.25. The molecule has 0 saturated heterocycles. The van der Waals surface area contributed by atoms with E-state index >= 15 is 0 Å². The van der Waals surface area contributed by atoms with E-state index in [9.17, 15) is 0 Å². The molecule has 196 valence electrons. The summed E-state index contributed by atoms with van der Waals surface area (Å²) in [5.41, 5.74) is 5.94. The fraction of sp³-hybridized carbons (Fsp3) is 0. The predicted octanol–water partition coefficient (Wildman–Crippen LogP) is 9.69. The summed E-state index contributed by atoms with van der Waals surface area (Å²) in [5, 5.41) is 4.44. The zero-order valence-corrected chi connectivity index (χ0v) is 23.0. The van der Waals surface area contributed by atoms with Gasteiger partial charge in [-0.2, -0.15) is 0 Å². The van der Waals surface area contributed by atoms with E-state index in [1.165, 1.54) is 20.2 Å². The number of nitrogens with zero attached hydrogens (tertiary/aromatic N) is 4. The Morgan fingerprint density at radius 3 is 2.19 bits per heavy atom. The first-order chi connectivity index (χ1) is 20.8. The quantitative estimate of drug-likeness (QED) is 0.217. The van der Waals surface area contributed by atoms with Crippen molar-refractivity contribution in [1.82, 2.24) is 19.9 Å². The number of thiophene rings is 1. The molecular weight excluding hydrogens is 536 g/mol. The minimum atomic E-state index is 0.582. The molecule has 4 aromatic heterocycles. The summed E-state index contributed by atoms with van der Waals surface area (Å²) in [6.07, 6.45) is 0. The summed E-state index contributed by atoms with van der Waals surface area (Å²) >= 11 is 1.79. The summed E-state index contributed by atoms with van der Waals surface area (Å²) in [4.78, 5) is 20.1. The van der Waals surface area contributed by atoms with Crippen LogP contribution in [0.2, 0.25) is 0 Å². The molecule has 5 nitrogen and oxygen atoms in total. The van der Waals surface area contributed by atoms with Crippen LogP contribution in [0.5, 0.6) is 0 Å². The number of furan rings is 1. The van der Waals surface area contributed by atoms with E-state index in [0.717, 1.165) is 49.7 Å². The summed E-state index contributed by atoms with van der Waals surface area (Å²) < 4.78 is 8.77. The van der Waals surface area contributed by atoms with Crippen LogP contribution in [0.3, 0.4) is 0 Å². The lowest BCUT2D eigenvalue weighted by Gasteiger charge is -2.09. The van der Waals surface area contributed by atoms with Gasteiger partial charge in [0, 0.05) is 42.2 Å². The molecule has 0 atom stereocenters. The van der Waals surface area contributed by atoms with Gasteiger partial charge in [-0.15, -0.1) is 11.3 Å². The second kappa shape index (κ2) is 9.03. The van der Waals surface area contributed by atoms with Crippen LogP contribution < -0.4 is 0 Å². The van der Waals surface area contributed by atoms with Crippen molar-refractivity contribution in [3.8, 4) is 34.2 Å².